The summed E-state index contributed by atoms with van der Waals surface area (Å²) in [7, 11) is 0. The summed E-state index contributed by atoms with van der Waals surface area (Å²) in [5, 5.41) is 0. The first-order chi connectivity index (χ1) is 8.48. The van der Waals surface area contributed by atoms with Crippen molar-refractivity contribution >= 4 is 0 Å². The van der Waals surface area contributed by atoms with Gasteiger partial charge in [0.2, 0.25) is 0 Å². The van der Waals surface area contributed by atoms with Crippen LogP contribution in [0.4, 0.5) is 13.2 Å². The molecule has 0 bridgehead atoms. The van der Waals surface area contributed by atoms with Gasteiger partial charge in [-0.1, -0.05) is 25.0 Å². The highest BCUT2D eigenvalue weighted by molar-refractivity contribution is 5.30. The van der Waals surface area contributed by atoms with E-state index in [1.807, 2.05) is 0 Å². The molecule has 0 amide bonds. The molecule has 1 atom stereocenters. The second kappa shape index (κ2) is 5.16. The molecule has 1 aliphatic rings. The Morgan fingerprint density at radius 3 is 2.67 bits per heavy atom. The van der Waals surface area contributed by atoms with E-state index in [1.54, 1.807) is 6.07 Å². The van der Waals surface area contributed by atoms with Crippen molar-refractivity contribution in [2.75, 3.05) is 0 Å². The molecule has 1 aromatic rings. The Labute approximate surface area is 103 Å². The molecular formula is C12H15F3N2O. The van der Waals surface area contributed by atoms with Crippen molar-refractivity contribution in [1.82, 2.24) is 5.43 Å². The van der Waals surface area contributed by atoms with Crippen LogP contribution >= 0.6 is 0 Å². The van der Waals surface area contributed by atoms with Gasteiger partial charge in [-0.25, -0.2) is 0 Å². The first-order valence-corrected chi connectivity index (χ1v) is 5.80. The van der Waals surface area contributed by atoms with E-state index in [0.29, 0.717) is 11.5 Å². The molecule has 3 nitrogen and oxygen atoms in total. The minimum absolute atomic E-state index is 0.130. The monoisotopic (exact) mass is 260 g/mol. The van der Waals surface area contributed by atoms with E-state index in [4.69, 9.17) is 5.84 Å². The largest absolute Gasteiger partial charge is 0.573 e. The second-order valence-corrected chi connectivity index (χ2v) is 4.52. The zero-order valence-corrected chi connectivity index (χ0v) is 9.70. The van der Waals surface area contributed by atoms with Crippen molar-refractivity contribution in [3.05, 3.63) is 29.8 Å². The third-order valence-electron chi connectivity index (χ3n) is 2.96. The summed E-state index contributed by atoms with van der Waals surface area (Å²) in [6.45, 7) is 0. The van der Waals surface area contributed by atoms with Gasteiger partial charge in [0.15, 0.2) is 0 Å². The maximum Gasteiger partial charge on any atom is 0.573 e. The average molecular weight is 260 g/mol. The third-order valence-corrected chi connectivity index (χ3v) is 2.96. The normalized spacial score (nSPS) is 17.6. The van der Waals surface area contributed by atoms with Crippen LogP contribution in [-0.2, 0) is 0 Å². The molecule has 1 fully saturated rings. The number of hydrogen-bond donors (Lipinski definition) is 2. The molecule has 0 spiro atoms. The van der Waals surface area contributed by atoms with E-state index >= 15 is 0 Å². The summed E-state index contributed by atoms with van der Waals surface area (Å²) in [4.78, 5) is 0. The van der Waals surface area contributed by atoms with Gasteiger partial charge in [-0.15, -0.1) is 13.2 Å². The molecule has 18 heavy (non-hydrogen) atoms. The van der Waals surface area contributed by atoms with Crippen LogP contribution in [0.15, 0.2) is 24.3 Å². The van der Waals surface area contributed by atoms with Gasteiger partial charge in [-0.3, -0.25) is 11.3 Å². The standard InChI is InChI=1S/C12H15F3N2O/c13-12(14,15)18-10-3-1-2-9(7-10)11(17-16)6-8-4-5-8/h1-3,7-8,11,17H,4-6,16H2. The summed E-state index contributed by atoms with van der Waals surface area (Å²) in [5.74, 6) is 5.86. The summed E-state index contributed by atoms with van der Waals surface area (Å²) in [5.41, 5.74) is 3.36. The fourth-order valence-electron chi connectivity index (χ4n) is 1.92. The van der Waals surface area contributed by atoms with E-state index in [9.17, 15) is 13.2 Å². The Bertz CT molecular complexity index is 405. The Balaban J connectivity index is 2.09. The van der Waals surface area contributed by atoms with E-state index in [-0.39, 0.29) is 11.8 Å². The fourth-order valence-corrected chi connectivity index (χ4v) is 1.92. The minimum atomic E-state index is -4.67. The lowest BCUT2D eigenvalue weighted by molar-refractivity contribution is -0.274. The molecule has 0 aromatic heterocycles. The highest BCUT2D eigenvalue weighted by Gasteiger charge is 2.31. The molecule has 100 valence electrons. The van der Waals surface area contributed by atoms with Gasteiger partial charge in [-0.2, -0.15) is 0 Å². The van der Waals surface area contributed by atoms with Crippen LogP contribution < -0.4 is 16.0 Å². The van der Waals surface area contributed by atoms with Gasteiger partial charge in [-0.05, 0) is 30.0 Å². The Morgan fingerprint density at radius 2 is 2.11 bits per heavy atom. The Morgan fingerprint density at radius 1 is 1.39 bits per heavy atom. The van der Waals surface area contributed by atoms with Gasteiger partial charge in [0.25, 0.3) is 0 Å². The summed E-state index contributed by atoms with van der Waals surface area (Å²) >= 11 is 0. The molecule has 6 heteroatoms. The zero-order chi connectivity index (χ0) is 13.2. The summed E-state index contributed by atoms with van der Waals surface area (Å²) in [6, 6.07) is 5.81. The molecule has 2 rings (SSSR count). The highest BCUT2D eigenvalue weighted by Crippen LogP contribution is 2.38. The number of benzene rings is 1. The molecule has 1 aliphatic carbocycles. The van der Waals surface area contributed by atoms with E-state index < -0.39 is 6.36 Å². The van der Waals surface area contributed by atoms with Crippen molar-refractivity contribution < 1.29 is 17.9 Å². The molecule has 1 aromatic carbocycles. The second-order valence-electron chi connectivity index (χ2n) is 4.52. The van der Waals surface area contributed by atoms with Gasteiger partial charge in [0.05, 0.1) is 0 Å². The summed E-state index contributed by atoms with van der Waals surface area (Å²) < 4.78 is 40.2. The SMILES string of the molecule is NNC(CC1CC1)c1cccc(OC(F)(F)F)c1. The number of halogens is 3. The minimum Gasteiger partial charge on any atom is -0.406 e. The fraction of sp³-hybridized carbons (Fsp3) is 0.500. The third kappa shape index (κ3) is 3.89. The first kappa shape index (κ1) is 13.2. The molecule has 3 N–H and O–H groups in total. The van der Waals surface area contributed by atoms with Crippen LogP contribution in [0.25, 0.3) is 0 Å². The van der Waals surface area contributed by atoms with E-state index in [0.717, 1.165) is 19.3 Å². The van der Waals surface area contributed by atoms with Crippen molar-refractivity contribution in [3.8, 4) is 5.75 Å². The Hall–Kier alpha value is -1.27. The number of alkyl halides is 3. The average Bonchev–Trinajstić information content (AvgIpc) is 3.07. The molecule has 0 radical (unpaired) electrons. The van der Waals surface area contributed by atoms with Crippen LogP contribution in [-0.4, -0.2) is 6.36 Å². The van der Waals surface area contributed by atoms with Crippen LogP contribution in [0.3, 0.4) is 0 Å². The van der Waals surface area contributed by atoms with Crippen molar-refractivity contribution in [2.45, 2.75) is 31.7 Å². The molecule has 1 saturated carbocycles. The predicted octanol–water partition coefficient (Wildman–Crippen LogP) is 2.89. The lowest BCUT2D eigenvalue weighted by Gasteiger charge is -2.17. The topological polar surface area (TPSA) is 47.3 Å². The summed E-state index contributed by atoms with van der Waals surface area (Å²) in [6.07, 6.45) is -1.50. The van der Waals surface area contributed by atoms with Gasteiger partial charge < -0.3 is 4.74 Å². The quantitative estimate of drug-likeness (QED) is 0.632. The van der Waals surface area contributed by atoms with Crippen molar-refractivity contribution in [2.24, 2.45) is 11.8 Å². The number of nitrogens with one attached hydrogen (secondary N) is 1. The lowest BCUT2D eigenvalue weighted by Crippen LogP contribution is -2.28. The molecule has 1 unspecified atom stereocenters. The maximum absolute atomic E-state index is 12.1. The molecule has 0 heterocycles. The van der Waals surface area contributed by atoms with Crippen LogP contribution in [0.2, 0.25) is 0 Å². The van der Waals surface area contributed by atoms with Crippen molar-refractivity contribution in [3.63, 3.8) is 0 Å². The van der Waals surface area contributed by atoms with Crippen LogP contribution in [0, 0.1) is 5.92 Å². The number of rotatable bonds is 5. The number of ether oxygens (including phenoxy) is 1. The number of hydrazine groups is 1. The van der Waals surface area contributed by atoms with Crippen LogP contribution in [0.5, 0.6) is 5.75 Å². The molecular weight excluding hydrogens is 245 g/mol. The highest BCUT2D eigenvalue weighted by atomic mass is 19.4. The number of nitrogens with two attached hydrogens (primary N) is 1. The van der Waals surface area contributed by atoms with E-state index in [1.165, 1.54) is 18.2 Å². The van der Waals surface area contributed by atoms with Gasteiger partial charge >= 0.3 is 6.36 Å². The van der Waals surface area contributed by atoms with Crippen LogP contribution in [0.1, 0.15) is 30.9 Å². The predicted molar refractivity (Wildman–Crippen MR) is 60.5 cm³/mol. The Kier molecular flexibility index (Phi) is 3.77. The lowest BCUT2D eigenvalue weighted by atomic mass is 10.0. The zero-order valence-electron chi connectivity index (χ0n) is 9.70. The number of hydrogen-bond acceptors (Lipinski definition) is 3. The smallest absolute Gasteiger partial charge is 0.406 e. The maximum atomic E-state index is 12.1. The van der Waals surface area contributed by atoms with Gasteiger partial charge in [0, 0.05) is 6.04 Å². The van der Waals surface area contributed by atoms with Crippen molar-refractivity contribution in [1.29, 1.82) is 0 Å². The van der Waals surface area contributed by atoms with Gasteiger partial charge in [0.1, 0.15) is 5.75 Å². The molecule has 0 aliphatic heterocycles. The van der Waals surface area contributed by atoms with E-state index in [2.05, 4.69) is 10.2 Å². The molecule has 0 saturated heterocycles. The first-order valence-electron chi connectivity index (χ1n) is 5.80.